The third kappa shape index (κ3) is 4.35. The van der Waals surface area contributed by atoms with E-state index < -0.39 is 5.69 Å². The zero-order chi connectivity index (χ0) is 18.0. The highest BCUT2D eigenvalue weighted by molar-refractivity contribution is 7.10. The molecule has 0 unspecified atom stereocenters. The topological polar surface area (TPSA) is 95.1 Å². The van der Waals surface area contributed by atoms with Gasteiger partial charge in [0.25, 0.3) is 5.91 Å². The van der Waals surface area contributed by atoms with Gasteiger partial charge in [-0.15, -0.1) is 11.3 Å². The summed E-state index contributed by atoms with van der Waals surface area (Å²) < 4.78 is 0. The van der Waals surface area contributed by atoms with Gasteiger partial charge in [-0.1, -0.05) is 19.9 Å². The molecule has 2 aromatic heterocycles. The van der Waals surface area contributed by atoms with Crippen LogP contribution in [-0.2, 0) is 6.42 Å². The van der Waals surface area contributed by atoms with Gasteiger partial charge in [0.1, 0.15) is 5.69 Å². The Bertz CT molecular complexity index is 779. The number of carbonyl (C=O) groups excluding carboxylic acids is 1. The van der Waals surface area contributed by atoms with Crippen LogP contribution in [0.4, 0.5) is 0 Å². The lowest BCUT2D eigenvalue weighted by Crippen LogP contribution is -2.41. The van der Waals surface area contributed by atoms with E-state index in [0.29, 0.717) is 30.9 Å². The van der Waals surface area contributed by atoms with Crippen LogP contribution in [0.25, 0.3) is 0 Å². The van der Waals surface area contributed by atoms with Gasteiger partial charge in [-0.2, -0.15) is 4.98 Å². The zero-order valence-corrected chi connectivity index (χ0v) is 15.2. The summed E-state index contributed by atoms with van der Waals surface area (Å²) in [6.07, 6.45) is 1.73. The summed E-state index contributed by atoms with van der Waals surface area (Å²) in [5, 5.41) is 14.6. The second-order valence-corrected chi connectivity index (χ2v) is 8.03. The average molecular weight is 361 g/mol. The maximum absolute atomic E-state index is 12.7. The molecule has 1 amide bonds. The fourth-order valence-corrected chi connectivity index (χ4v) is 4.05. The van der Waals surface area contributed by atoms with Crippen molar-refractivity contribution in [2.45, 2.75) is 45.3 Å². The van der Waals surface area contributed by atoms with E-state index in [1.54, 1.807) is 17.4 Å². The maximum atomic E-state index is 12.7. The van der Waals surface area contributed by atoms with E-state index in [-0.39, 0.29) is 29.7 Å². The van der Waals surface area contributed by atoms with Crippen molar-refractivity contribution in [1.82, 2.24) is 15.3 Å². The van der Waals surface area contributed by atoms with Gasteiger partial charge >= 0.3 is 5.69 Å². The lowest BCUT2D eigenvalue weighted by molar-refractivity contribution is 0.0240. The summed E-state index contributed by atoms with van der Waals surface area (Å²) in [5.41, 5.74) is 0.350. The Morgan fingerprint density at radius 2 is 2.24 bits per heavy atom. The Morgan fingerprint density at radius 1 is 1.48 bits per heavy atom. The van der Waals surface area contributed by atoms with Gasteiger partial charge in [0, 0.05) is 10.6 Å². The summed E-state index contributed by atoms with van der Waals surface area (Å²) in [7, 11) is 0. The lowest BCUT2D eigenvalue weighted by Gasteiger charge is -2.37. The second kappa shape index (κ2) is 7.49. The van der Waals surface area contributed by atoms with Crippen LogP contribution >= 0.6 is 11.3 Å². The molecule has 134 valence electrons. The number of aromatic nitrogens is 2. The quantitative estimate of drug-likeness (QED) is 0.735. The van der Waals surface area contributed by atoms with Gasteiger partial charge in [-0.25, -0.2) is 4.79 Å². The SMILES string of the molecule is CC(C)Cc1cc(C(=O)N[C@H](c2cccs2)C2CC(O)C2)nc(=O)[nH]1. The highest BCUT2D eigenvalue weighted by Crippen LogP contribution is 2.39. The smallest absolute Gasteiger partial charge is 0.345 e. The molecule has 3 rings (SSSR count). The molecule has 1 saturated carbocycles. The normalized spacial score (nSPS) is 21.0. The minimum absolute atomic E-state index is 0.140. The van der Waals surface area contributed by atoms with Crippen LogP contribution in [0.1, 0.15) is 53.8 Å². The molecule has 0 aromatic carbocycles. The first-order valence-electron chi connectivity index (χ1n) is 8.55. The zero-order valence-electron chi connectivity index (χ0n) is 14.4. The van der Waals surface area contributed by atoms with Crippen molar-refractivity contribution >= 4 is 17.2 Å². The molecule has 1 aliphatic carbocycles. The summed E-state index contributed by atoms with van der Waals surface area (Å²) in [4.78, 5) is 32.0. The standard InChI is InChI=1S/C18H23N3O3S/c1-10(2)6-12-9-14(20-18(24)19-12)17(23)21-16(11-7-13(22)8-11)15-4-3-5-25-15/h3-5,9-11,13,16,22H,6-8H2,1-2H3,(H,21,23)(H,19,20,24)/t11?,13?,16-/m0/s1. The fourth-order valence-electron chi connectivity index (χ4n) is 3.18. The number of aliphatic hydroxyl groups is 1. The van der Waals surface area contributed by atoms with Crippen molar-refractivity contribution < 1.29 is 9.90 Å². The highest BCUT2D eigenvalue weighted by atomic mass is 32.1. The van der Waals surface area contributed by atoms with E-state index in [0.717, 1.165) is 4.88 Å². The van der Waals surface area contributed by atoms with E-state index in [1.165, 1.54) is 0 Å². The predicted molar refractivity (Wildman–Crippen MR) is 96.7 cm³/mol. The van der Waals surface area contributed by atoms with Crippen LogP contribution < -0.4 is 11.0 Å². The Balaban J connectivity index is 1.79. The monoisotopic (exact) mass is 361 g/mol. The lowest BCUT2D eigenvalue weighted by atomic mass is 9.76. The first-order valence-corrected chi connectivity index (χ1v) is 9.43. The summed E-state index contributed by atoms with van der Waals surface area (Å²) >= 11 is 1.58. The molecule has 2 aromatic rings. The predicted octanol–water partition coefficient (Wildman–Crippen LogP) is 2.27. The Labute approximate surface area is 150 Å². The van der Waals surface area contributed by atoms with Crippen molar-refractivity contribution in [3.05, 3.63) is 50.3 Å². The van der Waals surface area contributed by atoms with Crippen LogP contribution in [0, 0.1) is 11.8 Å². The molecule has 7 heteroatoms. The van der Waals surface area contributed by atoms with Gasteiger partial charge in [-0.05, 0) is 48.6 Å². The van der Waals surface area contributed by atoms with Crippen LogP contribution in [0.5, 0.6) is 0 Å². The molecule has 1 fully saturated rings. The number of nitrogens with one attached hydrogen (secondary N) is 2. The van der Waals surface area contributed by atoms with Crippen molar-refractivity contribution in [3.8, 4) is 0 Å². The molecule has 0 saturated heterocycles. The molecular formula is C18H23N3O3S. The molecule has 25 heavy (non-hydrogen) atoms. The van der Waals surface area contributed by atoms with Crippen molar-refractivity contribution in [3.63, 3.8) is 0 Å². The van der Waals surface area contributed by atoms with Crippen LogP contribution in [-0.4, -0.2) is 27.1 Å². The van der Waals surface area contributed by atoms with E-state index in [1.807, 2.05) is 31.4 Å². The molecule has 1 atom stereocenters. The van der Waals surface area contributed by atoms with Crippen molar-refractivity contribution in [1.29, 1.82) is 0 Å². The van der Waals surface area contributed by atoms with Crippen molar-refractivity contribution in [2.75, 3.05) is 0 Å². The maximum Gasteiger partial charge on any atom is 0.345 e. The first-order chi connectivity index (χ1) is 11.9. The Hall–Kier alpha value is -1.99. The third-order valence-corrected chi connectivity index (χ3v) is 5.37. The van der Waals surface area contributed by atoms with Gasteiger partial charge in [0.05, 0.1) is 12.1 Å². The molecule has 0 spiro atoms. The van der Waals surface area contributed by atoms with Crippen LogP contribution in [0.15, 0.2) is 28.4 Å². The summed E-state index contributed by atoms with van der Waals surface area (Å²) in [6.45, 7) is 4.10. The molecule has 0 radical (unpaired) electrons. The van der Waals surface area contributed by atoms with Crippen LogP contribution in [0.3, 0.4) is 0 Å². The Kier molecular flexibility index (Phi) is 5.34. The van der Waals surface area contributed by atoms with E-state index in [9.17, 15) is 14.7 Å². The second-order valence-electron chi connectivity index (χ2n) is 7.05. The van der Waals surface area contributed by atoms with E-state index >= 15 is 0 Å². The van der Waals surface area contributed by atoms with Gasteiger partial charge in [-0.3, -0.25) is 4.79 Å². The molecular weight excluding hydrogens is 338 g/mol. The molecule has 3 N–H and O–H groups in total. The van der Waals surface area contributed by atoms with Crippen LogP contribution in [0.2, 0.25) is 0 Å². The first kappa shape index (κ1) is 17.8. The third-order valence-electron chi connectivity index (χ3n) is 4.42. The summed E-state index contributed by atoms with van der Waals surface area (Å²) in [6, 6.07) is 5.42. The fraction of sp³-hybridized carbons (Fsp3) is 0.500. The number of thiophene rings is 1. The molecule has 0 aliphatic heterocycles. The molecule has 1 aliphatic rings. The number of amides is 1. The molecule has 0 bridgehead atoms. The highest BCUT2D eigenvalue weighted by Gasteiger charge is 2.36. The number of H-pyrrole nitrogens is 1. The van der Waals surface area contributed by atoms with Gasteiger partial charge in [0.2, 0.25) is 0 Å². The van der Waals surface area contributed by atoms with E-state index in [4.69, 9.17) is 0 Å². The number of nitrogens with zero attached hydrogens (tertiary/aromatic N) is 1. The molecule has 2 heterocycles. The van der Waals surface area contributed by atoms with Crippen molar-refractivity contribution in [2.24, 2.45) is 11.8 Å². The van der Waals surface area contributed by atoms with Gasteiger partial charge in [0.15, 0.2) is 0 Å². The Morgan fingerprint density at radius 3 is 2.84 bits per heavy atom. The summed E-state index contributed by atoms with van der Waals surface area (Å²) in [5.74, 6) is 0.218. The number of rotatable bonds is 6. The number of aromatic amines is 1. The van der Waals surface area contributed by atoms with E-state index in [2.05, 4.69) is 15.3 Å². The average Bonchev–Trinajstić information content (AvgIpc) is 3.02. The number of aliphatic hydroxyl groups excluding tert-OH is 1. The largest absolute Gasteiger partial charge is 0.393 e. The minimum atomic E-state index is -0.505. The number of carbonyl (C=O) groups is 1. The number of hydrogen-bond donors (Lipinski definition) is 3. The molecule has 6 nitrogen and oxygen atoms in total. The van der Waals surface area contributed by atoms with Gasteiger partial charge < -0.3 is 15.4 Å². The number of hydrogen-bond acceptors (Lipinski definition) is 5. The minimum Gasteiger partial charge on any atom is -0.393 e.